The van der Waals surface area contributed by atoms with E-state index in [4.69, 9.17) is 18.5 Å². The Labute approximate surface area is 550 Å². The van der Waals surface area contributed by atoms with E-state index < -0.39 is 32.5 Å². The Balaban J connectivity index is 4.27. The fourth-order valence-electron chi connectivity index (χ4n) is 8.29. The Morgan fingerprint density at radius 1 is 0.344 bits per heavy atom. The number of ether oxygens (including phenoxy) is 2. The fourth-order valence-corrected chi connectivity index (χ4v) is 9.03. The number of rotatable bonds is 60. The SMILES string of the molecule is CC/C=C\C/C=C\C/C=C\C/C=C\C/C=C\C/C=C\C/C=C\C/C=C\C/C=C\C/C=C\C/C=C\CCCCCC(=O)OC(COC(=O)CCCCCCCCC/C=C\C/C=C\C/C=C\C/C=C\C/C=C\C/C=C\C/C=C\CC)COP(=O)(O)OCC[N+](C)(C)C. The van der Waals surface area contributed by atoms with Crippen LogP contribution in [0, 0.1) is 0 Å². The zero-order chi connectivity index (χ0) is 65.5. The minimum atomic E-state index is -4.42. The third-order valence-corrected chi connectivity index (χ3v) is 14.5. The molecule has 0 aliphatic rings. The maximum atomic E-state index is 12.9. The lowest BCUT2D eigenvalue weighted by Gasteiger charge is -2.24. The Kier molecular flexibility index (Phi) is 63.4. The molecule has 0 spiro atoms. The summed E-state index contributed by atoms with van der Waals surface area (Å²) < 4.78 is 34.6. The van der Waals surface area contributed by atoms with Crippen molar-refractivity contribution < 1.29 is 42.1 Å². The number of esters is 2. The summed E-state index contributed by atoms with van der Waals surface area (Å²) in [6, 6.07) is 0. The summed E-state index contributed by atoms with van der Waals surface area (Å²) in [4.78, 5) is 35.9. The number of quaternary nitrogens is 1. The molecule has 0 fully saturated rings. The van der Waals surface area contributed by atoms with E-state index in [0.717, 1.165) is 161 Å². The second kappa shape index (κ2) is 67.7. The summed E-state index contributed by atoms with van der Waals surface area (Å²) >= 11 is 0. The van der Waals surface area contributed by atoms with Crippen LogP contribution >= 0.6 is 7.82 Å². The lowest BCUT2D eigenvalue weighted by molar-refractivity contribution is -0.870. The highest BCUT2D eigenvalue weighted by Gasteiger charge is 2.27. The highest BCUT2D eigenvalue weighted by molar-refractivity contribution is 7.47. The summed E-state index contributed by atoms with van der Waals surface area (Å²) in [7, 11) is 1.41. The van der Waals surface area contributed by atoms with E-state index >= 15 is 0 Å². The van der Waals surface area contributed by atoms with Gasteiger partial charge in [0.15, 0.2) is 6.10 Å². The second-order valence-electron chi connectivity index (χ2n) is 23.1. The molecule has 2 unspecified atom stereocenters. The van der Waals surface area contributed by atoms with Crippen LogP contribution in [0.3, 0.4) is 0 Å². The Morgan fingerprint density at radius 2 is 0.600 bits per heavy atom. The van der Waals surface area contributed by atoms with Crippen molar-refractivity contribution in [1.29, 1.82) is 0 Å². The van der Waals surface area contributed by atoms with Crippen LogP contribution in [-0.4, -0.2) is 74.9 Å². The Hall–Kier alpha value is -5.67. The molecule has 0 amide bonds. The quantitative estimate of drug-likeness (QED) is 0.0211. The van der Waals surface area contributed by atoms with E-state index in [1.165, 1.54) is 19.3 Å². The zero-order valence-electron chi connectivity index (χ0n) is 57.0. The van der Waals surface area contributed by atoms with Crippen LogP contribution in [0.1, 0.15) is 219 Å². The molecular weight excluding hydrogens is 1130 g/mol. The molecule has 0 saturated carbocycles. The molecule has 0 saturated heterocycles. The number of carbonyl (C=O) groups is 2. The molecule has 9 nitrogen and oxygen atoms in total. The minimum absolute atomic E-state index is 0.00960. The van der Waals surface area contributed by atoms with Crippen LogP contribution in [-0.2, 0) is 32.7 Å². The van der Waals surface area contributed by atoms with Crippen molar-refractivity contribution in [2.45, 2.75) is 225 Å². The largest absolute Gasteiger partial charge is 0.472 e. The number of hydrogen-bond acceptors (Lipinski definition) is 7. The van der Waals surface area contributed by atoms with E-state index in [2.05, 4.69) is 233 Å². The summed E-state index contributed by atoms with van der Waals surface area (Å²) in [5, 5.41) is 0. The van der Waals surface area contributed by atoms with Crippen LogP contribution in [0.4, 0.5) is 0 Å². The van der Waals surface area contributed by atoms with Crippen molar-refractivity contribution >= 4 is 19.8 Å². The van der Waals surface area contributed by atoms with Gasteiger partial charge in [0, 0.05) is 12.8 Å². The molecule has 2 atom stereocenters. The van der Waals surface area contributed by atoms with Gasteiger partial charge in [-0.25, -0.2) is 4.57 Å². The van der Waals surface area contributed by atoms with E-state index in [1.807, 2.05) is 21.1 Å². The van der Waals surface area contributed by atoms with Crippen LogP contribution in [0.15, 0.2) is 219 Å². The summed E-state index contributed by atoms with van der Waals surface area (Å²) in [6.45, 7) is 4.12. The maximum absolute atomic E-state index is 12.9. The molecule has 10 heteroatoms. The van der Waals surface area contributed by atoms with Crippen molar-refractivity contribution in [3.63, 3.8) is 0 Å². The number of hydrogen-bond donors (Lipinski definition) is 1. The predicted octanol–water partition coefficient (Wildman–Crippen LogP) is 22.8. The smallest absolute Gasteiger partial charge is 0.462 e. The van der Waals surface area contributed by atoms with E-state index in [0.29, 0.717) is 23.9 Å². The molecule has 0 aliphatic heterocycles. The van der Waals surface area contributed by atoms with E-state index in [9.17, 15) is 19.0 Å². The Bertz CT molecular complexity index is 2320. The molecule has 502 valence electrons. The van der Waals surface area contributed by atoms with Gasteiger partial charge in [0.2, 0.25) is 0 Å². The molecule has 0 heterocycles. The summed E-state index contributed by atoms with van der Waals surface area (Å²) in [5.41, 5.74) is 0. The zero-order valence-corrected chi connectivity index (χ0v) is 57.9. The maximum Gasteiger partial charge on any atom is 0.472 e. The molecule has 0 rings (SSSR count). The third kappa shape index (κ3) is 71.4. The molecule has 0 aromatic carbocycles. The first-order valence-corrected chi connectivity index (χ1v) is 36.0. The normalized spacial score (nSPS) is 14.5. The molecule has 0 aromatic heterocycles. The number of unbranched alkanes of at least 4 members (excludes halogenated alkanes) is 10. The molecular formula is C80H125NO8P+. The van der Waals surface area contributed by atoms with Crippen LogP contribution in [0.2, 0.25) is 0 Å². The fraction of sp³-hybridized carbons (Fsp3) is 0.525. The Morgan fingerprint density at radius 3 is 0.900 bits per heavy atom. The topological polar surface area (TPSA) is 108 Å². The summed E-state index contributed by atoms with van der Waals surface area (Å²) in [5.74, 6) is -0.868. The second-order valence-corrected chi connectivity index (χ2v) is 24.5. The first-order valence-electron chi connectivity index (χ1n) is 34.5. The minimum Gasteiger partial charge on any atom is -0.462 e. The van der Waals surface area contributed by atoms with Gasteiger partial charge in [-0.1, -0.05) is 271 Å². The van der Waals surface area contributed by atoms with Gasteiger partial charge in [0.05, 0.1) is 27.7 Å². The van der Waals surface area contributed by atoms with Gasteiger partial charge in [-0.2, -0.15) is 0 Å². The molecule has 0 aliphatic carbocycles. The van der Waals surface area contributed by atoms with Gasteiger partial charge in [-0.3, -0.25) is 18.6 Å². The number of carbonyl (C=O) groups excluding carboxylic acids is 2. The van der Waals surface area contributed by atoms with Crippen LogP contribution in [0.5, 0.6) is 0 Å². The average Bonchev–Trinajstić information content (AvgIpc) is 3.58. The number of nitrogens with zero attached hydrogens (tertiary/aromatic N) is 1. The van der Waals surface area contributed by atoms with Crippen molar-refractivity contribution in [2.75, 3.05) is 47.5 Å². The van der Waals surface area contributed by atoms with Crippen LogP contribution in [0.25, 0.3) is 0 Å². The average molecular weight is 1260 g/mol. The molecule has 1 N–H and O–H groups in total. The molecule has 90 heavy (non-hydrogen) atoms. The van der Waals surface area contributed by atoms with Gasteiger partial charge < -0.3 is 18.9 Å². The molecule has 0 aromatic rings. The monoisotopic (exact) mass is 1260 g/mol. The van der Waals surface area contributed by atoms with Gasteiger partial charge in [0.1, 0.15) is 19.8 Å². The van der Waals surface area contributed by atoms with Crippen molar-refractivity contribution in [2.24, 2.45) is 0 Å². The highest BCUT2D eigenvalue weighted by Crippen LogP contribution is 2.43. The number of phosphoric acid groups is 1. The lowest BCUT2D eigenvalue weighted by atomic mass is 10.1. The third-order valence-electron chi connectivity index (χ3n) is 13.5. The number of phosphoric ester groups is 1. The van der Waals surface area contributed by atoms with Gasteiger partial charge in [0.25, 0.3) is 0 Å². The molecule has 0 radical (unpaired) electrons. The van der Waals surface area contributed by atoms with E-state index in [-0.39, 0.29) is 26.1 Å². The highest BCUT2D eigenvalue weighted by atomic mass is 31.2. The summed E-state index contributed by atoms with van der Waals surface area (Å²) in [6.07, 6.45) is 109. The van der Waals surface area contributed by atoms with Crippen LogP contribution < -0.4 is 0 Å². The number of likely N-dealkylation sites (N-methyl/N-ethyl adjacent to an activating group) is 1. The van der Waals surface area contributed by atoms with Gasteiger partial charge in [-0.05, 0) is 154 Å². The predicted molar refractivity (Wildman–Crippen MR) is 389 cm³/mol. The first kappa shape index (κ1) is 84.3. The first-order chi connectivity index (χ1) is 44.0. The van der Waals surface area contributed by atoms with Gasteiger partial charge >= 0.3 is 19.8 Å². The van der Waals surface area contributed by atoms with Crippen molar-refractivity contribution in [3.8, 4) is 0 Å². The lowest BCUT2D eigenvalue weighted by Crippen LogP contribution is -2.37. The molecule has 0 bridgehead atoms. The van der Waals surface area contributed by atoms with Crippen molar-refractivity contribution in [1.82, 2.24) is 0 Å². The van der Waals surface area contributed by atoms with E-state index in [1.54, 1.807) is 0 Å². The number of allylic oxidation sites excluding steroid dienone is 36. The van der Waals surface area contributed by atoms with Gasteiger partial charge in [-0.15, -0.1) is 0 Å². The standard InChI is InChI=1S/C80H124NO8P/c1-6-8-10-12-14-16-18-20-22-24-26-28-30-32-34-36-37-38-39-40-41-42-43-45-47-49-51-53-55-57-59-61-63-65-67-69-71-73-80(83)89-78(77-88-90(84,85)87-75-74-81(3,4)5)76-86-79(82)72-70-68-66-64-62-60-58-56-54-52-50-48-46-44-35-33-31-29-27-25-23-21-19-17-15-13-11-9-7-2/h8-11,14-17,20-23,26-29,32-35,37-38,40-41,43,45-46,48-49,51-52,54-55,57,61,63,78H,6-7,12-13,18-19,24-25,30-31,36,39,42,44,47,50,53,56,58-60,62,64-77H2,1-5H3/p+1/b10-8-,11-9-,16-14-,17-15-,22-20-,23-21-,28-26-,29-27-,34-32-,35-33-,38-37-,41-40-,45-43-,48-46-,51-49-,54-52-,57-55-,63-61-. The van der Waals surface area contributed by atoms with Crippen molar-refractivity contribution in [3.05, 3.63) is 219 Å².